The van der Waals surface area contributed by atoms with Crippen molar-refractivity contribution in [3.63, 3.8) is 0 Å². The van der Waals surface area contributed by atoms with Crippen molar-refractivity contribution in [3.8, 4) is 12.1 Å². The van der Waals surface area contributed by atoms with Crippen LogP contribution in [0, 0.1) is 16.7 Å². The number of carbonyl (C=O) groups excluding carboxylic acids is 1. The second kappa shape index (κ2) is 11.1. The third kappa shape index (κ3) is 5.24. The number of likely N-dealkylation sites (N-methyl/N-ethyl adjacent to an activating group) is 1. The summed E-state index contributed by atoms with van der Waals surface area (Å²) in [6.07, 6.45) is 8.98. The molecule has 210 valence electrons. The second-order valence-corrected chi connectivity index (χ2v) is 12.9. The van der Waals surface area contributed by atoms with Crippen molar-refractivity contribution >= 4 is 27.7 Å². The van der Waals surface area contributed by atoms with E-state index in [1.165, 1.54) is 29.2 Å². The Bertz CT molecular complexity index is 1360. The third-order valence-electron chi connectivity index (χ3n) is 9.44. The molecule has 0 N–H and O–H groups in total. The number of hydrogen-bond donors (Lipinski definition) is 0. The number of halogens is 1. The maximum absolute atomic E-state index is 12.5. The smallest absolute Gasteiger partial charge is 0.318 e. The Labute approximate surface area is 245 Å². The van der Waals surface area contributed by atoms with E-state index in [9.17, 15) is 10.1 Å². The number of hydrogen-bond acceptors (Lipinski definition) is 7. The molecule has 1 aromatic carbocycles. The van der Waals surface area contributed by atoms with Gasteiger partial charge in [-0.05, 0) is 93.3 Å². The highest BCUT2D eigenvalue weighted by Crippen LogP contribution is 2.48. The van der Waals surface area contributed by atoms with Gasteiger partial charge >= 0.3 is 6.01 Å². The fourth-order valence-electron chi connectivity index (χ4n) is 7.26. The van der Waals surface area contributed by atoms with Crippen molar-refractivity contribution < 1.29 is 9.53 Å². The van der Waals surface area contributed by atoms with E-state index in [0.29, 0.717) is 38.3 Å². The Balaban J connectivity index is 1.31. The molecule has 2 aliphatic carbocycles. The lowest BCUT2D eigenvalue weighted by atomic mass is 9.71. The van der Waals surface area contributed by atoms with E-state index in [0.717, 1.165) is 61.1 Å². The van der Waals surface area contributed by atoms with E-state index in [4.69, 9.17) is 14.7 Å². The van der Waals surface area contributed by atoms with Gasteiger partial charge in [-0.1, -0.05) is 28.6 Å². The molecule has 2 aromatic rings. The molecule has 2 aliphatic heterocycles. The summed E-state index contributed by atoms with van der Waals surface area (Å²) in [5.74, 6) is 0.797. The number of amides is 1. The van der Waals surface area contributed by atoms with Crippen molar-refractivity contribution in [3.05, 3.63) is 57.7 Å². The first-order chi connectivity index (χ1) is 19.4. The van der Waals surface area contributed by atoms with Crippen LogP contribution in [0.5, 0.6) is 6.01 Å². The highest BCUT2D eigenvalue weighted by Gasteiger charge is 2.42. The molecule has 1 spiro atoms. The molecule has 4 aliphatic rings. The number of nitriles is 1. The van der Waals surface area contributed by atoms with E-state index in [2.05, 4.69) is 63.6 Å². The number of piperazine rings is 1. The Morgan fingerprint density at radius 3 is 2.85 bits per heavy atom. The first-order valence-corrected chi connectivity index (χ1v) is 15.2. The lowest BCUT2D eigenvalue weighted by Crippen LogP contribution is -2.55. The van der Waals surface area contributed by atoms with Gasteiger partial charge in [-0.2, -0.15) is 15.2 Å². The topological polar surface area (TPSA) is 85.6 Å². The minimum absolute atomic E-state index is 0.122. The van der Waals surface area contributed by atoms with Crippen LogP contribution in [0.25, 0.3) is 0 Å². The van der Waals surface area contributed by atoms with E-state index in [-0.39, 0.29) is 23.8 Å². The molecule has 9 heteroatoms. The summed E-state index contributed by atoms with van der Waals surface area (Å²) >= 11 is 3.65. The molecule has 1 aromatic heterocycles. The molecule has 2 saturated heterocycles. The quantitative estimate of drug-likeness (QED) is 0.459. The zero-order chi connectivity index (χ0) is 27.9. The Morgan fingerprint density at radius 2 is 2.08 bits per heavy atom. The molecule has 3 unspecified atom stereocenters. The van der Waals surface area contributed by atoms with Crippen molar-refractivity contribution in [1.29, 1.82) is 5.26 Å². The Kier molecular flexibility index (Phi) is 7.58. The molecule has 0 bridgehead atoms. The minimum atomic E-state index is -0.205. The summed E-state index contributed by atoms with van der Waals surface area (Å²) in [6.45, 7) is 7.08. The number of nitrogens with zero attached hydrogens (tertiary/aromatic N) is 6. The molecular weight excluding hydrogens is 568 g/mol. The van der Waals surface area contributed by atoms with Gasteiger partial charge in [-0.25, -0.2) is 0 Å². The normalized spacial score (nSPS) is 25.9. The zero-order valence-electron chi connectivity index (χ0n) is 23.2. The molecule has 3 heterocycles. The highest BCUT2D eigenvalue weighted by atomic mass is 79.9. The fraction of sp³-hybridized carbons (Fsp3) is 0.548. The number of rotatable bonds is 6. The van der Waals surface area contributed by atoms with Gasteiger partial charge in [0.25, 0.3) is 0 Å². The summed E-state index contributed by atoms with van der Waals surface area (Å²) in [5.41, 5.74) is 5.36. The standard InChI is InChI=1S/C31H37BrN6O2/c1-3-28(39)38-14-13-37(19-24(38)9-11-33)29-26-8-10-31(16-21-6-7-23(32)15-22(21)17-31)18-27(26)34-30(35-29)40-20-25-5-4-12-36(25)2/h3,6-7,15,24-25H,1,4-5,8-10,12-14,16-20H2,2H3. The average Bonchev–Trinajstić information content (AvgIpc) is 3.52. The maximum Gasteiger partial charge on any atom is 0.318 e. The van der Waals surface area contributed by atoms with Crippen LogP contribution in [0.1, 0.15) is 48.1 Å². The lowest BCUT2D eigenvalue weighted by molar-refractivity contribution is -0.128. The highest BCUT2D eigenvalue weighted by molar-refractivity contribution is 9.10. The van der Waals surface area contributed by atoms with Crippen molar-refractivity contribution in [2.24, 2.45) is 5.41 Å². The molecule has 0 radical (unpaired) electrons. The van der Waals surface area contributed by atoms with Crippen LogP contribution in [0.2, 0.25) is 0 Å². The maximum atomic E-state index is 12.5. The summed E-state index contributed by atoms with van der Waals surface area (Å²) in [7, 11) is 2.15. The molecule has 8 nitrogen and oxygen atoms in total. The first kappa shape index (κ1) is 27.2. The number of benzene rings is 1. The molecule has 6 rings (SSSR count). The average molecular weight is 606 g/mol. The predicted octanol–water partition coefficient (Wildman–Crippen LogP) is 4.10. The Hall–Kier alpha value is -2.96. The van der Waals surface area contributed by atoms with Crippen LogP contribution in [0.15, 0.2) is 35.3 Å². The van der Waals surface area contributed by atoms with Gasteiger partial charge in [-0.15, -0.1) is 0 Å². The van der Waals surface area contributed by atoms with Gasteiger partial charge < -0.3 is 19.4 Å². The number of aromatic nitrogens is 2. The number of ether oxygens (including phenoxy) is 1. The number of anilines is 1. The monoisotopic (exact) mass is 604 g/mol. The minimum Gasteiger partial charge on any atom is -0.462 e. The fourth-order valence-corrected chi connectivity index (χ4v) is 7.67. The van der Waals surface area contributed by atoms with Crippen LogP contribution >= 0.6 is 15.9 Å². The van der Waals surface area contributed by atoms with Gasteiger partial charge in [0.15, 0.2) is 0 Å². The molecular formula is C31H37BrN6O2. The van der Waals surface area contributed by atoms with Crippen LogP contribution < -0.4 is 9.64 Å². The number of fused-ring (bicyclic) bond motifs is 2. The van der Waals surface area contributed by atoms with Gasteiger partial charge in [0.05, 0.1) is 24.2 Å². The molecule has 40 heavy (non-hydrogen) atoms. The van der Waals surface area contributed by atoms with Gasteiger partial charge in [0.1, 0.15) is 12.4 Å². The second-order valence-electron chi connectivity index (χ2n) is 12.0. The Morgan fingerprint density at radius 1 is 1.23 bits per heavy atom. The van der Waals surface area contributed by atoms with Crippen molar-refractivity contribution in [1.82, 2.24) is 19.8 Å². The largest absolute Gasteiger partial charge is 0.462 e. The van der Waals surface area contributed by atoms with Crippen LogP contribution in [0.4, 0.5) is 5.82 Å². The molecule has 2 fully saturated rings. The van der Waals surface area contributed by atoms with Crippen molar-refractivity contribution in [2.75, 3.05) is 44.7 Å². The lowest BCUT2D eigenvalue weighted by Gasteiger charge is -2.42. The van der Waals surface area contributed by atoms with Crippen LogP contribution in [0.3, 0.4) is 0 Å². The summed E-state index contributed by atoms with van der Waals surface area (Å²) in [4.78, 5) is 28.9. The van der Waals surface area contributed by atoms with Gasteiger partial charge in [0, 0.05) is 35.7 Å². The first-order valence-electron chi connectivity index (χ1n) is 14.4. The van der Waals surface area contributed by atoms with Gasteiger partial charge in [0.2, 0.25) is 5.91 Å². The summed E-state index contributed by atoms with van der Waals surface area (Å²) in [5, 5.41) is 9.50. The summed E-state index contributed by atoms with van der Waals surface area (Å²) in [6, 6.07) is 9.59. The van der Waals surface area contributed by atoms with Crippen LogP contribution in [-0.2, 0) is 30.5 Å². The molecule has 1 amide bonds. The van der Waals surface area contributed by atoms with E-state index in [1.54, 1.807) is 4.90 Å². The van der Waals surface area contributed by atoms with Crippen LogP contribution in [-0.4, -0.2) is 77.6 Å². The summed E-state index contributed by atoms with van der Waals surface area (Å²) < 4.78 is 7.45. The SMILES string of the molecule is C=CC(=O)N1CCN(c2nc(OCC3CCCN3C)nc3c2CCC2(Cc4ccc(Br)cc4C2)C3)CC1CC#N. The zero-order valence-corrected chi connectivity index (χ0v) is 24.8. The number of carbonyl (C=O) groups is 1. The van der Waals surface area contributed by atoms with E-state index < -0.39 is 0 Å². The third-order valence-corrected chi connectivity index (χ3v) is 9.93. The molecule has 0 saturated carbocycles. The van der Waals surface area contributed by atoms with Gasteiger partial charge in [-0.3, -0.25) is 4.79 Å². The predicted molar refractivity (Wildman–Crippen MR) is 157 cm³/mol. The number of likely N-dealkylation sites (tertiary alicyclic amines) is 1. The van der Waals surface area contributed by atoms with E-state index >= 15 is 0 Å². The van der Waals surface area contributed by atoms with Crippen molar-refractivity contribution in [2.45, 2.75) is 63.5 Å². The molecule has 3 atom stereocenters. The van der Waals surface area contributed by atoms with E-state index in [1.807, 2.05) is 0 Å².